The van der Waals surface area contributed by atoms with Crippen LogP contribution in [0.1, 0.15) is 19.8 Å². The lowest BCUT2D eigenvalue weighted by Gasteiger charge is -2.04. The lowest BCUT2D eigenvalue weighted by molar-refractivity contribution is -0.134. The fourth-order valence-electron chi connectivity index (χ4n) is 0.519. The van der Waals surface area contributed by atoms with E-state index in [4.69, 9.17) is 0 Å². The van der Waals surface area contributed by atoms with Gasteiger partial charge in [0.05, 0.1) is 0 Å². The Hall–Kier alpha value is -0.120. The summed E-state index contributed by atoms with van der Waals surface area (Å²) in [6.07, 6.45) is -4.51. The van der Waals surface area contributed by atoms with Crippen LogP contribution in [0.25, 0.3) is 0 Å². The van der Waals surface area contributed by atoms with E-state index in [0.717, 1.165) is 4.91 Å². The van der Waals surface area contributed by atoms with E-state index in [-0.39, 0.29) is 6.42 Å². The minimum Gasteiger partial charge on any atom is -0.171 e. The minimum atomic E-state index is -4.00. The lowest BCUT2D eigenvalue weighted by Crippen LogP contribution is -2.06. The number of rotatable bonds is 4. The standard InChI is InChI=1S/C7H11F3S/c1-6(2)11-5-3-4-7(8,9)10/h1,3-5H2,2H3. The van der Waals surface area contributed by atoms with Gasteiger partial charge in [-0.05, 0) is 24.0 Å². The van der Waals surface area contributed by atoms with Gasteiger partial charge in [0.15, 0.2) is 0 Å². The molecular formula is C7H11F3S. The van der Waals surface area contributed by atoms with Crippen LogP contribution in [0.3, 0.4) is 0 Å². The monoisotopic (exact) mass is 184 g/mol. The first-order valence-electron chi connectivity index (χ1n) is 3.27. The Morgan fingerprint density at radius 3 is 2.36 bits per heavy atom. The Balaban J connectivity index is 3.22. The molecule has 0 nitrogen and oxygen atoms in total. The summed E-state index contributed by atoms with van der Waals surface area (Å²) in [5.41, 5.74) is 0. The summed E-state index contributed by atoms with van der Waals surface area (Å²) in [6, 6.07) is 0. The van der Waals surface area contributed by atoms with E-state index in [9.17, 15) is 13.2 Å². The lowest BCUT2D eigenvalue weighted by atomic mass is 10.3. The molecule has 0 amide bonds. The molecule has 0 spiro atoms. The predicted molar refractivity (Wildman–Crippen MR) is 42.6 cm³/mol. The Labute approximate surface area is 68.9 Å². The van der Waals surface area contributed by atoms with Crippen LogP contribution in [0.5, 0.6) is 0 Å². The largest absolute Gasteiger partial charge is 0.389 e. The molecule has 11 heavy (non-hydrogen) atoms. The Morgan fingerprint density at radius 1 is 1.45 bits per heavy atom. The predicted octanol–water partition coefficient (Wildman–Crippen LogP) is 3.60. The molecule has 0 aliphatic heterocycles. The van der Waals surface area contributed by atoms with Gasteiger partial charge in [-0.25, -0.2) is 0 Å². The third-order valence-corrected chi connectivity index (χ3v) is 1.94. The molecule has 0 bridgehead atoms. The molecule has 0 aliphatic carbocycles. The number of halogens is 3. The van der Waals surface area contributed by atoms with Gasteiger partial charge >= 0.3 is 6.18 Å². The number of hydrogen-bond donors (Lipinski definition) is 0. The molecule has 66 valence electrons. The summed E-state index contributed by atoms with van der Waals surface area (Å²) in [5, 5.41) is 0. The molecule has 4 heteroatoms. The molecule has 0 aliphatic rings. The van der Waals surface area contributed by atoms with Gasteiger partial charge < -0.3 is 0 Å². The van der Waals surface area contributed by atoms with Gasteiger partial charge in [-0.3, -0.25) is 0 Å². The van der Waals surface area contributed by atoms with Crippen molar-refractivity contribution in [2.24, 2.45) is 0 Å². The van der Waals surface area contributed by atoms with Crippen molar-refractivity contribution in [2.45, 2.75) is 25.9 Å². The minimum absolute atomic E-state index is 0.182. The number of hydrogen-bond acceptors (Lipinski definition) is 1. The second kappa shape index (κ2) is 4.70. The van der Waals surface area contributed by atoms with E-state index >= 15 is 0 Å². The topological polar surface area (TPSA) is 0 Å². The maximum absolute atomic E-state index is 11.5. The van der Waals surface area contributed by atoms with Crippen LogP contribution in [0, 0.1) is 0 Å². The third kappa shape index (κ3) is 9.88. The van der Waals surface area contributed by atoms with Crippen molar-refractivity contribution in [3.05, 3.63) is 11.5 Å². The van der Waals surface area contributed by atoms with Crippen molar-refractivity contribution in [3.63, 3.8) is 0 Å². The summed E-state index contributed by atoms with van der Waals surface area (Å²) in [7, 11) is 0. The maximum atomic E-state index is 11.5. The quantitative estimate of drug-likeness (QED) is 0.601. The third-order valence-electron chi connectivity index (χ3n) is 0.953. The van der Waals surface area contributed by atoms with Gasteiger partial charge in [-0.15, -0.1) is 11.8 Å². The smallest absolute Gasteiger partial charge is 0.171 e. The van der Waals surface area contributed by atoms with Gasteiger partial charge in [0.25, 0.3) is 0 Å². The highest BCUT2D eigenvalue weighted by Crippen LogP contribution is 2.23. The number of thioether (sulfide) groups is 1. The van der Waals surface area contributed by atoms with Crippen LogP contribution < -0.4 is 0 Å². The molecule has 0 aromatic heterocycles. The van der Waals surface area contributed by atoms with Gasteiger partial charge in [-0.2, -0.15) is 13.2 Å². The van der Waals surface area contributed by atoms with E-state index in [0.29, 0.717) is 5.75 Å². The summed E-state index contributed by atoms with van der Waals surface area (Å²) < 4.78 is 34.6. The average Bonchev–Trinajstić information content (AvgIpc) is 1.78. The van der Waals surface area contributed by atoms with Crippen molar-refractivity contribution in [2.75, 3.05) is 5.75 Å². The summed E-state index contributed by atoms with van der Waals surface area (Å²) >= 11 is 1.38. The second-order valence-electron chi connectivity index (χ2n) is 2.27. The zero-order valence-electron chi connectivity index (χ0n) is 6.37. The Bertz CT molecular complexity index is 128. The zero-order chi connectivity index (χ0) is 8.91. The molecule has 0 N–H and O–H groups in total. The first kappa shape index (κ1) is 10.9. The SMILES string of the molecule is C=C(C)SCCCC(F)(F)F. The Morgan fingerprint density at radius 2 is 2.00 bits per heavy atom. The fourth-order valence-corrected chi connectivity index (χ4v) is 1.16. The van der Waals surface area contributed by atoms with Crippen molar-refractivity contribution in [3.8, 4) is 0 Å². The number of allylic oxidation sites excluding steroid dienone is 1. The molecule has 0 fully saturated rings. The highest BCUT2D eigenvalue weighted by Gasteiger charge is 2.25. The molecular weight excluding hydrogens is 173 g/mol. The number of alkyl halides is 3. The highest BCUT2D eigenvalue weighted by atomic mass is 32.2. The highest BCUT2D eigenvalue weighted by molar-refractivity contribution is 8.03. The van der Waals surface area contributed by atoms with E-state index in [1.807, 2.05) is 0 Å². The second-order valence-corrected chi connectivity index (χ2v) is 3.66. The van der Waals surface area contributed by atoms with Crippen LogP contribution in [0.15, 0.2) is 11.5 Å². The fraction of sp³-hybridized carbons (Fsp3) is 0.714. The summed E-state index contributed by atoms with van der Waals surface area (Å²) in [6.45, 7) is 5.36. The van der Waals surface area contributed by atoms with E-state index in [1.54, 1.807) is 6.92 Å². The van der Waals surface area contributed by atoms with Gasteiger partial charge in [0.1, 0.15) is 0 Å². The van der Waals surface area contributed by atoms with Crippen molar-refractivity contribution >= 4 is 11.8 Å². The van der Waals surface area contributed by atoms with Gasteiger partial charge in [0.2, 0.25) is 0 Å². The molecule has 0 radical (unpaired) electrons. The van der Waals surface area contributed by atoms with Crippen LogP contribution >= 0.6 is 11.8 Å². The van der Waals surface area contributed by atoms with Crippen LogP contribution in [0.2, 0.25) is 0 Å². The summed E-state index contributed by atoms with van der Waals surface area (Å²) in [5.74, 6) is 0.509. The maximum Gasteiger partial charge on any atom is 0.389 e. The van der Waals surface area contributed by atoms with Gasteiger partial charge in [-0.1, -0.05) is 6.58 Å². The normalized spacial score (nSPS) is 11.6. The molecule has 0 rings (SSSR count). The van der Waals surface area contributed by atoms with E-state index < -0.39 is 12.6 Å². The van der Waals surface area contributed by atoms with Crippen molar-refractivity contribution < 1.29 is 13.2 Å². The van der Waals surface area contributed by atoms with E-state index in [1.165, 1.54) is 11.8 Å². The van der Waals surface area contributed by atoms with Crippen LogP contribution in [-0.4, -0.2) is 11.9 Å². The molecule has 0 atom stereocenters. The molecule has 0 saturated heterocycles. The zero-order valence-corrected chi connectivity index (χ0v) is 7.19. The molecule has 0 aromatic carbocycles. The molecule has 0 heterocycles. The van der Waals surface area contributed by atoms with Gasteiger partial charge in [0, 0.05) is 6.42 Å². The molecule has 0 unspecified atom stereocenters. The van der Waals surface area contributed by atoms with E-state index in [2.05, 4.69) is 6.58 Å². The first-order chi connectivity index (χ1) is 4.92. The average molecular weight is 184 g/mol. The first-order valence-corrected chi connectivity index (χ1v) is 4.25. The molecule has 0 saturated carbocycles. The molecule has 0 aromatic rings. The van der Waals surface area contributed by atoms with Crippen molar-refractivity contribution in [1.82, 2.24) is 0 Å². The van der Waals surface area contributed by atoms with Crippen molar-refractivity contribution in [1.29, 1.82) is 0 Å². The van der Waals surface area contributed by atoms with Crippen LogP contribution in [0.4, 0.5) is 13.2 Å². The summed E-state index contributed by atoms with van der Waals surface area (Å²) in [4.78, 5) is 0.868. The van der Waals surface area contributed by atoms with Crippen LogP contribution in [-0.2, 0) is 0 Å². The Kier molecular flexibility index (Phi) is 4.65.